The van der Waals surface area contributed by atoms with E-state index in [9.17, 15) is 14.7 Å². The third-order valence-electron chi connectivity index (χ3n) is 3.34. The zero-order valence-electron chi connectivity index (χ0n) is 11.7. The van der Waals surface area contributed by atoms with Crippen LogP contribution in [0, 0.1) is 5.92 Å². The molecule has 1 aliphatic heterocycles. The van der Waals surface area contributed by atoms with Crippen LogP contribution in [0.1, 0.15) is 24.2 Å². The summed E-state index contributed by atoms with van der Waals surface area (Å²) in [7, 11) is 0. The summed E-state index contributed by atoms with van der Waals surface area (Å²) in [5, 5.41) is 9.35. The highest BCUT2D eigenvalue weighted by Crippen LogP contribution is 2.13. The van der Waals surface area contributed by atoms with E-state index in [1.165, 1.54) is 18.5 Å². The summed E-state index contributed by atoms with van der Waals surface area (Å²) in [5.41, 5.74) is 0.369. The number of pyridine rings is 1. The van der Waals surface area contributed by atoms with Crippen molar-refractivity contribution in [1.29, 1.82) is 0 Å². The second-order valence-corrected chi connectivity index (χ2v) is 5.20. The number of carbonyl (C=O) groups is 2. The average Bonchev–Trinajstić information content (AvgIpc) is 2.46. The Labute approximate surface area is 118 Å². The number of aromatic hydroxyl groups is 1. The van der Waals surface area contributed by atoms with Crippen molar-refractivity contribution in [2.75, 3.05) is 26.2 Å². The van der Waals surface area contributed by atoms with Crippen molar-refractivity contribution in [3.8, 4) is 5.75 Å². The van der Waals surface area contributed by atoms with Crippen molar-refractivity contribution in [1.82, 2.24) is 14.8 Å². The van der Waals surface area contributed by atoms with Crippen LogP contribution in [-0.4, -0.2) is 57.9 Å². The Morgan fingerprint density at radius 2 is 1.75 bits per heavy atom. The lowest BCUT2D eigenvalue weighted by Crippen LogP contribution is -2.51. The topological polar surface area (TPSA) is 73.7 Å². The van der Waals surface area contributed by atoms with Crippen LogP contribution < -0.4 is 0 Å². The first-order valence-corrected chi connectivity index (χ1v) is 6.71. The SMILES string of the molecule is CC(C)C(=O)N1CCN(C(=O)c2cncc(O)c2)CC1. The van der Waals surface area contributed by atoms with E-state index in [1.807, 2.05) is 13.8 Å². The number of hydrogen-bond acceptors (Lipinski definition) is 4. The zero-order valence-corrected chi connectivity index (χ0v) is 11.7. The van der Waals surface area contributed by atoms with Gasteiger partial charge in [-0.25, -0.2) is 0 Å². The molecule has 6 nitrogen and oxygen atoms in total. The molecular weight excluding hydrogens is 258 g/mol. The van der Waals surface area contributed by atoms with E-state index in [-0.39, 0.29) is 23.5 Å². The Morgan fingerprint density at radius 3 is 2.30 bits per heavy atom. The molecule has 2 rings (SSSR count). The van der Waals surface area contributed by atoms with E-state index < -0.39 is 0 Å². The molecule has 1 saturated heterocycles. The molecule has 1 N–H and O–H groups in total. The van der Waals surface area contributed by atoms with Crippen LogP contribution in [0.25, 0.3) is 0 Å². The van der Waals surface area contributed by atoms with Crippen molar-refractivity contribution >= 4 is 11.8 Å². The van der Waals surface area contributed by atoms with Crippen molar-refractivity contribution in [2.24, 2.45) is 5.92 Å². The first-order valence-electron chi connectivity index (χ1n) is 6.71. The molecule has 6 heteroatoms. The quantitative estimate of drug-likeness (QED) is 0.864. The number of nitrogens with zero attached hydrogens (tertiary/aromatic N) is 3. The van der Waals surface area contributed by atoms with Crippen LogP contribution in [0.2, 0.25) is 0 Å². The van der Waals surface area contributed by atoms with E-state index >= 15 is 0 Å². The van der Waals surface area contributed by atoms with Gasteiger partial charge < -0.3 is 14.9 Å². The van der Waals surface area contributed by atoms with Crippen LogP contribution in [-0.2, 0) is 4.79 Å². The molecule has 0 radical (unpaired) electrons. The number of aromatic nitrogens is 1. The van der Waals surface area contributed by atoms with Crippen molar-refractivity contribution in [3.05, 3.63) is 24.0 Å². The number of hydrogen-bond donors (Lipinski definition) is 1. The van der Waals surface area contributed by atoms with Gasteiger partial charge in [0.15, 0.2) is 0 Å². The highest BCUT2D eigenvalue weighted by Gasteiger charge is 2.26. The van der Waals surface area contributed by atoms with Gasteiger partial charge in [-0.3, -0.25) is 14.6 Å². The molecule has 1 aromatic heterocycles. The normalized spacial score (nSPS) is 15.6. The van der Waals surface area contributed by atoms with Crippen LogP contribution >= 0.6 is 0 Å². The molecule has 0 saturated carbocycles. The molecule has 0 unspecified atom stereocenters. The minimum absolute atomic E-state index is 0.0208. The Hall–Kier alpha value is -2.11. The van der Waals surface area contributed by atoms with E-state index in [2.05, 4.69) is 4.98 Å². The zero-order chi connectivity index (χ0) is 14.7. The van der Waals surface area contributed by atoms with E-state index in [1.54, 1.807) is 9.80 Å². The fourth-order valence-corrected chi connectivity index (χ4v) is 2.22. The van der Waals surface area contributed by atoms with Gasteiger partial charge in [-0.1, -0.05) is 13.8 Å². The Morgan fingerprint density at radius 1 is 1.15 bits per heavy atom. The van der Waals surface area contributed by atoms with Crippen molar-refractivity contribution in [3.63, 3.8) is 0 Å². The van der Waals surface area contributed by atoms with E-state index in [4.69, 9.17) is 0 Å². The Balaban J connectivity index is 1.97. The summed E-state index contributed by atoms with van der Waals surface area (Å²) in [6.07, 6.45) is 2.73. The van der Waals surface area contributed by atoms with Crippen molar-refractivity contribution in [2.45, 2.75) is 13.8 Å². The van der Waals surface area contributed by atoms with E-state index in [0.29, 0.717) is 31.7 Å². The molecule has 0 aromatic carbocycles. The molecule has 20 heavy (non-hydrogen) atoms. The number of rotatable bonds is 2. The highest BCUT2D eigenvalue weighted by molar-refractivity contribution is 5.94. The third kappa shape index (κ3) is 3.07. The summed E-state index contributed by atoms with van der Waals surface area (Å²) in [6, 6.07) is 1.40. The van der Waals surface area contributed by atoms with Gasteiger partial charge in [-0.15, -0.1) is 0 Å². The standard InChI is InChI=1S/C14H19N3O3/c1-10(2)13(19)16-3-5-17(6-4-16)14(20)11-7-12(18)9-15-8-11/h7-10,18H,3-6H2,1-2H3. The molecular formula is C14H19N3O3. The summed E-state index contributed by atoms with van der Waals surface area (Å²) < 4.78 is 0. The fourth-order valence-electron chi connectivity index (χ4n) is 2.22. The van der Waals surface area contributed by atoms with Crippen molar-refractivity contribution < 1.29 is 14.7 Å². The minimum Gasteiger partial charge on any atom is -0.506 e. The lowest BCUT2D eigenvalue weighted by molar-refractivity contribution is -0.135. The van der Waals surface area contributed by atoms with Crippen LogP contribution in [0.3, 0.4) is 0 Å². The Bertz CT molecular complexity index is 508. The number of carbonyl (C=O) groups excluding carboxylic acids is 2. The minimum atomic E-state index is -0.162. The van der Waals surface area contributed by atoms with Gasteiger partial charge in [-0.05, 0) is 6.07 Å². The largest absolute Gasteiger partial charge is 0.506 e. The van der Waals surface area contributed by atoms with E-state index in [0.717, 1.165) is 0 Å². The summed E-state index contributed by atoms with van der Waals surface area (Å²) in [6.45, 7) is 5.86. The smallest absolute Gasteiger partial charge is 0.255 e. The van der Waals surface area contributed by atoms with Gasteiger partial charge in [0.05, 0.1) is 11.8 Å². The summed E-state index contributed by atoms with van der Waals surface area (Å²) in [4.78, 5) is 31.4. The maximum atomic E-state index is 12.2. The first-order chi connectivity index (χ1) is 9.49. The third-order valence-corrected chi connectivity index (χ3v) is 3.34. The molecule has 0 bridgehead atoms. The van der Waals surface area contributed by atoms with Gasteiger partial charge in [0.2, 0.25) is 5.91 Å². The predicted octanol–water partition coefficient (Wildman–Crippen LogP) is 0.728. The summed E-state index contributed by atoms with van der Waals surface area (Å²) in [5.74, 6) is -0.0850. The van der Waals surface area contributed by atoms with Gasteiger partial charge in [0.25, 0.3) is 5.91 Å². The Kier molecular flexibility index (Phi) is 4.22. The van der Waals surface area contributed by atoms with Gasteiger partial charge in [0, 0.05) is 38.3 Å². The maximum Gasteiger partial charge on any atom is 0.255 e. The van der Waals surface area contributed by atoms with Crippen LogP contribution in [0.4, 0.5) is 0 Å². The molecule has 0 aliphatic carbocycles. The lowest BCUT2D eigenvalue weighted by atomic mass is 10.1. The van der Waals surface area contributed by atoms with Crippen LogP contribution in [0.5, 0.6) is 5.75 Å². The number of piperazine rings is 1. The second kappa shape index (κ2) is 5.90. The average molecular weight is 277 g/mol. The molecule has 1 aliphatic rings. The monoisotopic (exact) mass is 277 g/mol. The lowest BCUT2D eigenvalue weighted by Gasteiger charge is -2.35. The van der Waals surface area contributed by atoms with Gasteiger partial charge >= 0.3 is 0 Å². The first kappa shape index (κ1) is 14.3. The molecule has 2 amide bonds. The molecule has 1 fully saturated rings. The number of amides is 2. The molecule has 1 aromatic rings. The molecule has 0 spiro atoms. The maximum absolute atomic E-state index is 12.2. The fraction of sp³-hybridized carbons (Fsp3) is 0.500. The highest BCUT2D eigenvalue weighted by atomic mass is 16.3. The van der Waals surface area contributed by atoms with Crippen LogP contribution in [0.15, 0.2) is 18.5 Å². The van der Waals surface area contributed by atoms with Gasteiger partial charge in [0.1, 0.15) is 5.75 Å². The van der Waals surface area contributed by atoms with Gasteiger partial charge in [-0.2, -0.15) is 0 Å². The second-order valence-electron chi connectivity index (χ2n) is 5.20. The molecule has 108 valence electrons. The predicted molar refractivity (Wildman–Crippen MR) is 73.2 cm³/mol. The molecule has 2 heterocycles. The summed E-state index contributed by atoms with van der Waals surface area (Å²) >= 11 is 0. The molecule has 0 atom stereocenters.